The largest absolute Gasteiger partial charge is 0.346 e. The standard InChI is InChI=1S/C25H32N6O2S2/c32-35(33,29-24-26-6-1-7-27-24)22-4-2-21(3-5-22)28-25(34)31-10-8-30(9-11-31)23-19-13-17-12-18(15-19)16-20(23)14-17/h1-7,17-20,23H,8-16H2,(H,28,34)(H,26,27,29). The first-order valence-electron chi connectivity index (χ1n) is 12.6. The van der Waals surface area contributed by atoms with Crippen LogP contribution < -0.4 is 10.0 Å². The van der Waals surface area contributed by atoms with Gasteiger partial charge in [-0.05, 0) is 98.3 Å². The first-order valence-corrected chi connectivity index (χ1v) is 14.5. The van der Waals surface area contributed by atoms with Crippen molar-refractivity contribution >= 4 is 39.0 Å². The van der Waals surface area contributed by atoms with Crippen LogP contribution in [0.2, 0.25) is 0 Å². The molecule has 186 valence electrons. The Hall–Kier alpha value is -2.30. The number of rotatable bonds is 5. The number of thiocarbonyl (C=S) groups is 1. The van der Waals surface area contributed by atoms with E-state index in [9.17, 15) is 8.42 Å². The van der Waals surface area contributed by atoms with Crippen molar-refractivity contribution in [3.8, 4) is 0 Å². The van der Waals surface area contributed by atoms with E-state index in [1.807, 2.05) is 0 Å². The van der Waals surface area contributed by atoms with E-state index in [-0.39, 0.29) is 10.8 Å². The molecule has 4 saturated carbocycles. The van der Waals surface area contributed by atoms with E-state index in [0.29, 0.717) is 5.11 Å². The summed E-state index contributed by atoms with van der Waals surface area (Å²) in [5.74, 6) is 3.90. The van der Waals surface area contributed by atoms with Gasteiger partial charge in [0, 0.05) is 50.3 Å². The van der Waals surface area contributed by atoms with Gasteiger partial charge in [0.2, 0.25) is 5.95 Å². The average Bonchev–Trinajstić information content (AvgIpc) is 2.84. The highest BCUT2D eigenvalue weighted by atomic mass is 32.2. The monoisotopic (exact) mass is 512 g/mol. The van der Waals surface area contributed by atoms with E-state index < -0.39 is 10.0 Å². The van der Waals surface area contributed by atoms with Crippen molar-refractivity contribution in [1.82, 2.24) is 19.8 Å². The molecular weight excluding hydrogens is 480 g/mol. The summed E-state index contributed by atoms with van der Waals surface area (Å²) in [5.41, 5.74) is 0.772. The summed E-state index contributed by atoms with van der Waals surface area (Å²) in [6, 6.07) is 9.00. The molecule has 0 atom stereocenters. The first kappa shape index (κ1) is 23.1. The van der Waals surface area contributed by atoms with Gasteiger partial charge in [-0.15, -0.1) is 0 Å². The fourth-order valence-electron chi connectivity index (χ4n) is 7.17. The van der Waals surface area contributed by atoms with Crippen LogP contribution >= 0.6 is 12.2 Å². The highest BCUT2D eigenvalue weighted by molar-refractivity contribution is 7.92. The average molecular weight is 513 g/mol. The van der Waals surface area contributed by atoms with Crippen LogP contribution in [-0.4, -0.2) is 65.5 Å². The zero-order chi connectivity index (χ0) is 24.0. The van der Waals surface area contributed by atoms with Crippen molar-refractivity contribution in [3.63, 3.8) is 0 Å². The van der Waals surface area contributed by atoms with Crippen molar-refractivity contribution < 1.29 is 8.42 Å². The molecule has 0 radical (unpaired) electrons. The van der Waals surface area contributed by atoms with E-state index in [4.69, 9.17) is 12.2 Å². The quantitative estimate of drug-likeness (QED) is 0.589. The van der Waals surface area contributed by atoms with Crippen LogP contribution in [0.1, 0.15) is 32.1 Å². The number of sulfonamides is 1. The van der Waals surface area contributed by atoms with E-state index in [0.717, 1.165) is 61.6 Å². The number of nitrogens with one attached hydrogen (secondary N) is 2. The summed E-state index contributed by atoms with van der Waals surface area (Å²) in [6.45, 7) is 4.00. The molecule has 2 heterocycles. The molecule has 2 N–H and O–H groups in total. The van der Waals surface area contributed by atoms with Gasteiger partial charge in [0.1, 0.15) is 0 Å². The lowest BCUT2D eigenvalue weighted by Crippen LogP contribution is -2.60. The van der Waals surface area contributed by atoms with Crippen LogP contribution in [0.25, 0.3) is 0 Å². The smallest absolute Gasteiger partial charge is 0.264 e. The molecule has 1 aromatic carbocycles. The van der Waals surface area contributed by atoms with Gasteiger partial charge in [-0.3, -0.25) is 4.90 Å². The van der Waals surface area contributed by atoms with Crippen LogP contribution in [0.4, 0.5) is 11.6 Å². The SMILES string of the molecule is O=S(=O)(Nc1ncccn1)c1ccc(NC(=S)N2CCN(C3C4CC5CC(C4)CC3C5)CC2)cc1. The number of anilines is 2. The minimum absolute atomic E-state index is 0.0451. The third-order valence-electron chi connectivity index (χ3n) is 8.41. The third-order valence-corrected chi connectivity index (χ3v) is 10.1. The topological polar surface area (TPSA) is 90.5 Å². The summed E-state index contributed by atoms with van der Waals surface area (Å²) in [6.07, 6.45) is 10.3. The molecule has 7 rings (SSSR count). The maximum absolute atomic E-state index is 12.6. The Morgan fingerprint density at radius 3 is 2.09 bits per heavy atom. The lowest BCUT2D eigenvalue weighted by atomic mass is 9.54. The van der Waals surface area contributed by atoms with Gasteiger partial charge < -0.3 is 10.2 Å². The van der Waals surface area contributed by atoms with Crippen LogP contribution in [0.15, 0.2) is 47.6 Å². The molecule has 1 aromatic heterocycles. The molecule has 1 aliphatic heterocycles. The minimum Gasteiger partial charge on any atom is -0.346 e. The molecule has 35 heavy (non-hydrogen) atoms. The van der Waals surface area contributed by atoms with E-state index in [1.54, 1.807) is 30.3 Å². The van der Waals surface area contributed by atoms with Gasteiger partial charge in [0.05, 0.1) is 4.90 Å². The molecule has 2 aromatic rings. The van der Waals surface area contributed by atoms with Gasteiger partial charge in [0.15, 0.2) is 5.11 Å². The molecule has 1 saturated heterocycles. The second kappa shape index (κ2) is 9.29. The molecule has 5 aliphatic rings. The minimum atomic E-state index is -3.75. The lowest BCUT2D eigenvalue weighted by Gasteiger charge is -2.58. The highest BCUT2D eigenvalue weighted by Gasteiger charge is 2.50. The Balaban J connectivity index is 1.03. The molecule has 4 aliphatic carbocycles. The zero-order valence-electron chi connectivity index (χ0n) is 19.7. The Bertz CT molecular complexity index is 1140. The molecule has 0 unspecified atom stereocenters. The maximum atomic E-state index is 12.6. The van der Waals surface area contributed by atoms with Crippen molar-refractivity contribution in [2.45, 2.75) is 43.0 Å². The Labute approximate surface area is 212 Å². The fourth-order valence-corrected chi connectivity index (χ4v) is 8.43. The van der Waals surface area contributed by atoms with Crippen molar-refractivity contribution in [2.24, 2.45) is 23.7 Å². The third kappa shape index (κ3) is 4.75. The number of piperazine rings is 1. The molecule has 0 amide bonds. The van der Waals surface area contributed by atoms with Gasteiger partial charge in [-0.1, -0.05) is 0 Å². The molecule has 5 fully saturated rings. The zero-order valence-corrected chi connectivity index (χ0v) is 21.3. The van der Waals surface area contributed by atoms with Crippen molar-refractivity contribution in [2.75, 3.05) is 36.2 Å². The fraction of sp³-hybridized carbons (Fsp3) is 0.560. The van der Waals surface area contributed by atoms with Gasteiger partial charge in [-0.2, -0.15) is 0 Å². The molecule has 8 nitrogen and oxygen atoms in total. The summed E-state index contributed by atoms with van der Waals surface area (Å²) in [5, 5.41) is 3.98. The number of hydrogen-bond donors (Lipinski definition) is 2. The number of aromatic nitrogens is 2. The van der Waals surface area contributed by atoms with Gasteiger partial charge in [-0.25, -0.2) is 23.1 Å². The predicted octanol–water partition coefficient (Wildman–Crippen LogP) is 3.42. The summed E-state index contributed by atoms with van der Waals surface area (Å²) in [7, 11) is -3.75. The summed E-state index contributed by atoms with van der Waals surface area (Å²) >= 11 is 5.69. The van der Waals surface area contributed by atoms with Crippen molar-refractivity contribution in [1.29, 1.82) is 0 Å². The Morgan fingerprint density at radius 1 is 0.886 bits per heavy atom. The second-order valence-electron chi connectivity index (χ2n) is 10.6. The molecular formula is C25H32N6O2S2. The number of benzene rings is 1. The normalized spacial score (nSPS) is 30.3. The van der Waals surface area contributed by atoms with Crippen LogP contribution in [0, 0.1) is 23.7 Å². The number of hydrogen-bond acceptors (Lipinski definition) is 6. The molecule has 4 bridgehead atoms. The van der Waals surface area contributed by atoms with E-state index in [1.165, 1.54) is 44.5 Å². The molecule has 0 spiro atoms. The maximum Gasteiger partial charge on any atom is 0.264 e. The summed E-state index contributed by atoms with van der Waals surface area (Å²) in [4.78, 5) is 13.0. The van der Waals surface area contributed by atoms with Gasteiger partial charge in [0.25, 0.3) is 10.0 Å². The van der Waals surface area contributed by atoms with Crippen LogP contribution in [0.3, 0.4) is 0 Å². The first-order chi connectivity index (χ1) is 16.9. The summed E-state index contributed by atoms with van der Waals surface area (Å²) < 4.78 is 27.6. The Morgan fingerprint density at radius 2 is 1.49 bits per heavy atom. The highest BCUT2D eigenvalue weighted by Crippen LogP contribution is 2.55. The van der Waals surface area contributed by atoms with Crippen LogP contribution in [-0.2, 0) is 10.0 Å². The van der Waals surface area contributed by atoms with Crippen molar-refractivity contribution in [3.05, 3.63) is 42.7 Å². The number of nitrogens with zero attached hydrogens (tertiary/aromatic N) is 4. The van der Waals surface area contributed by atoms with Crippen LogP contribution in [0.5, 0.6) is 0 Å². The van der Waals surface area contributed by atoms with E-state index in [2.05, 4.69) is 29.8 Å². The second-order valence-corrected chi connectivity index (χ2v) is 12.6. The predicted molar refractivity (Wildman–Crippen MR) is 139 cm³/mol. The van der Waals surface area contributed by atoms with Gasteiger partial charge >= 0.3 is 0 Å². The Kier molecular flexibility index (Phi) is 6.14. The van der Waals surface area contributed by atoms with E-state index >= 15 is 0 Å². The molecule has 10 heteroatoms. The lowest BCUT2D eigenvalue weighted by molar-refractivity contribution is -0.0726.